The van der Waals surface area contributed by atoms with Crippen LogP contribution in [0.4, 0.5) is 11.4 Å². The second-order valence-electron chi connectivity index (χ2n) is 5.46. The topological polar surface area (TPSA) is 71.6 Å². The van der Waals surface area contributed by atoms with Crippen LogP contribution in [0.15, 0.2) is 60.7 Å². The Balaban J connectivity index is 2.33. The molecule has 2 unspecified atom stereocenters. The molecule has 0 aliphatic rings. The lowest BCUT2D eigenvalue weighted by molar-refractivity contribution is 0.470. The zero-order valence-corrected chi connectivity index (χ0v) is 12.7. The molecular formula is C18H18N4. The molecule has 0 saturated carbocycles. The molecule has 2 aromatic carbocycles. The molecule has 0 amide bonds. The highest BCUT2D eigenvalue weighted by molar-refractivity contribution is 5.56. The molecule has 0 aliphatic carbocycles. The monoisotopic (exact) mass is 290 g/mol. The van der Waals surface area contributed by atoms with Crippen LogP contribution >= 0.6 is 0 Å². The van der Waals surface area contributed by atoms with Crippen molar-refractivity contribution in [3.05, 3.63) is 60.7 Å². The molecule has 0 spiro atoms. The van der Waals surface area contributed by atoms with Crippen molar-refractivity contribution in [1.82, 2.24) is 0 Å². The minimum Gasteiger partial charge on any atom is -0.365 e. The molecule has 4 nitrogen and oxygen atoms in total. The number of hydrogen-bond donors (Lipinski definition) is 2. The first kappa shape index (κ1) is 15.4. The Morgan fingerprint density at radius 2 is 1.00 bits per heavy atom. The van der Waals surface area contributed by atoms with E-state index in [1.807, 2.05) is 60.7 Å². The van der Waals surface area contributed by atoms with Gasteiger partial charge >= 0.3 is 0 Å². The fraction of sp³-hybridized carbons (Fsp3) is 0.222. The van der Waals surface area contributed by atoms with Crippen molar-refractivity contribution >= 4 is 11.4 Å². The summed E-state index contributed by atoms with van der Waals surface area (Å²) >= 11 is 0. The third-order valence-electron chi connectivity index (χ3n) is 3.78. The minimum atomic E-state index is -1.11. The van der Waals surface area contributed by atoms with E-state index in [1.165, 1.54) is 0 Å². The van der Waals surface area contributed by atoms with Crippen LogP contribution in [0.2, 0.25) is 0 Å². The number of anilines is 2. The first-order valence-electron chi connectivity index (χ1n) is 7.02. The van der Waals surface area contributed by atoms with E-state index in [0.717, 1.165) is 11.4 Å². The minimum absolute atomic E-state index is 0.794. The Morgan fingerprint density at radius 3 is 1.27 bits per heavy atom. The van der Waals surface area contributed by atoms with E-state index in [-0.39, 0.29) is 0 Å². The molecule has 0 aliphatic heterocycles. The highest BCUT2D eigenvalue weighted by Crippen LogP contribution is 2.29. The lowest BCUT2D eigenvalue weighted by atomic mass is 9.81. The summed E-state index contributed by atoms with van der Waals surface area (Å²) in [7, 11) is 0. The number of nitrogens with zero attached hydrogens (tertiary/aromatic N) is 2. The van der Waals surface area contributed by atoms with Crippen molar-refractivity contribution in [2.75, 3.05) is 10.6 Å². The van der Waals surface area contributed by atoms with Gasteiger partial charge in [0.15, 0.2) is 11.1 Å². The van der Waals surface area contributed by atoms with Gasteiger partial charge < -0.3 is 10.6 Å². The van der Waals surface area contributed by atoms with Gasteiger partial charge in [-0.25, -0.2) is 0 Å². The van der Waals surface area contributed by atoms with Gasteiger partial charge in [-0.15, -0.1) is 0 Å². The van der Waals surface area contributed by atoms with Gasteiger partial charge in [-0.2, -0.15) is 10.5 Å². The summed E-state index contributed by atoms with van der Waals surface area (Å²) in [5, 5.41) is 25.7. The zero-order valence-electron chi connectivity index (χ0n) is 12.7. The van der Waals surface area contributed by atoms with Gasteiger partial charge in [0, 0.05) is 11.4 Å². The van der Waals surface area contributed by atoms with Gasteiger partial charge in [0.2, 0.25) is 0 Å². The largest absolute Gasteiger partial charge is 0.365 e. The smallest absolute Gasteiger partial charge is 0.159 e. The maximum atomic E-state index is 9.69. The third-order valence-corrected chi connectivity index (χ3v) is 3.78. The van der Waals surface area contributed by atoms with Crippen molar-refractivity contribution in [3.8, 4) is 12.1 Å². The summed E-state index contributed by atoms with van der Waals surface area (Å²) in [6, 6.07) is 23.3. The highest BCUT2D eigenvalue weighted by atomic mass is 15.1. The molecule has 2 rings (SSSR count). The van der Waals surface area contributed by atoms with E-state index in [0.29, 0.717) is 0 Å². The molecule has 110 valence electrons. The van der Waals surface area contributed by atoms with Gasteiger partial charge in [0.1, 0.15) is 0 Å². The highest BCUT2D eigenvalue weighted by Gasteiger charge is 2.46. The Labute approximate surface area is 131 Å². The van der Waals surface area contributed by atoms with Crippen molar-refractivity contribution < 1.29 is 0 Å². The number of nitriles is 2. The summed E-state index contributed by atoms with van der Waals surface area (Å²) in [5.74, 6) is 0. The molecular weight excluding hydrogens is 272 g/mol. The molecule has 4 heteroatoms. The van der Waals surface area contributed by atoms with Crippen LogP contribution in [0, 0.1) is 22.7 Å². The lowest BCUT2D eigenvalue weighted by Crippen LogP contribution is -2.58. The van der Waals surface area contributed by atoms with Crippen LogP contribution in [0.5, 0.6) is 0 Å². The van der Waals surface area contributed by atoms with Crippen LogP contribution in [0.3, 0.4) is 0 Å². The first-order valence-corrected chi connectivity index (χ1v) is 7.02. The predicted molar refractivity (Wildman–Crippen MR) is 88.2 cm³/mol. The summed E-state index contributed by atoms with van der Waals surface area (Å²) < 4.78 is 0. The zero-order chi connectivity index (χ0) is 16.1. The molecule has 0 fully saturated rings. The second kappa shape index (κ2) is 6.20. The Hall–Kier alpha value is -2.98. The van der Waals surface area contributed by atoms with Crippen molar-refractivity contribution in [2.24, 2.45) is 0 Å². The number of para-hydroxylation sites is 2. The van der Waals surface area contributed by atoms with E-state index < -0.39 is 11.1 Å². The Kier molecular flexibility index (Phi) is 4.34. The third kappa shape index (κ3) is 3.02. The fourth-order valence-electron chi connectivity index (χ4n) is 2.15. The van der Waals surface area contributed by atoms with E-state index in [4.69, 9.17) is 0 Å². The van der Waals surface area contributed by atoms with Gasteiger partial charge in [-0.3, -0.25) is 0 Å². The van der Waals surface area contributed by atoms with E-state index in [2.05, 4.69) is 22.8 Å². The number of benzene rings is 2. The summed E-state index contributed by atoms with van der Waals surface area (Å²) in [6.07, 6.45) is 0. The average Bonchev–Trinajstić information content (AvgIpc) is 2.56. The first-order chi connectivity index (χ1) is 10.5. The summed E-state index contributed by atoms with van der Waals surface area (Å²) in [6.45, 7) is 3.44. The summed E-state index contributed by atoms with van der Waals surface area (Å²) in [5.41, 5.74) is -0.636. The molecule has 0 heterocycles. The fourth-order valence-corrected chi connectivity index (χ4v) is 2.15. The van der Waals surface area contributed by atoms with Crippen LogP contribution in [0.25, 0.3) is 0 Å². The SMILES string of the molecule is CC(C#N)(Nc1ccccc1)C(C)(C#N)Nc1ccccc1. The maximum absolute atomic E-state index is 9.69. The van der Waals surface area contributed by atoms with Gasteiger partial charge in [-0.05, 0) is 38.1 Å². The van der Waals surface area contributed by atoms with Gasteiger partial charge in [0.05, 0.1) is 12.1 Å². The Bertz CT molecular complexity index is 636. The molecule has 2 N–H and O–H groups in total. The van der Waals surface area contributed by atoms with Gasteiger partial charge in [-0.1, -0.05) is 36.4 Å². The summed E-state index contributed by atoms with van der Waals surface area (Å²) in [4.78, 5) is 0. The van der Waals surface area contributed by atoms with Crippen LogP contribution < -0.4 is 10.6 Å². The number of hydrogen-bond acceptors (Lipinski definition) is 4. The van der Waals surface area contributed by atoms with E-state index in [1.54, 1.807) is 13.8 Å². The molecule has 22 heavy (non-hydrogen) atoms. The molecule has 0 aromatic heterocycles. The number of rotatable bonds is 5. The van der Waals surface area contributed by atoms with Gasteiger partial charge in [0.25, 0.3) is 0 Å². The quantitative estimate of drug-likeness (QED) is 0.879. The maximum Gasteiger partial charge on any atom is 0.159 e. The molecule has 0 radical (unpaired) electrons. The molecule has 0 saturated heterocycles. The average molecular weight is 290 g/mol. The van der Waals surface area contributed by atoms with Crippen molar-refractivity contribution in [3.63, 3.8) is 0 Å². The normalized spacial score (nSPS) is 15.5. The van der Waals surface area contributed by atoms with Crippen LogP contribution in [-0.4, -0.2) is 11.1 Å². The molecule has 0 bridgehead atoms. The Morgan fingerprint density at radius 1 is 0.682 bits per heavy atom. The second-order valence-corrected chi connectivity index (χ2v) is 5.46. The van der Waals surface area contributed by atoms with E-state index in [9.17, 15) is 10.5 Å². The van der Waals surface area contributed by atoms with Crippen LogP contribution in [0.1, 0.15) is 13.8 Å². The molecule has 2 atom stereocenters. The van der Waals surface area contributed by atoms with Crippen LogP contribution in [-0.2, 0) is 0 Å². The number of nitrogens with one attached hydrogen (secondary N) is 2. The predicted octanol–water partition coefficient (Wildman–Crippen LogP) is 3.78. The standard InChI is InChI=1S/C18H18N4/c1-17(13-19,21-15-9-5-3-6-10-15)18(2,14-20)22-16-11-7-4-8-12-16/h3-12,21-22H,1-2H3. The van der Waals surface area contributed by atoms with E-state index >= 15 is 0 Å². The van der Waals surface area contributed by atoms with Crippen molar-refractivity contribution in [1.29, 1.82) is 10.5 Å². The lowest BCUT2D eigenvalue weighted by Gasteiger charge is -2.38. The molecule has 2 aromatic rings. The van der Waals surface area contributed by atoms with Crippen molar-refractivity contribution in [2.45, 2.75) is 24.9 Å².